The monoisotopic (exact) mass is 408 g/mol. The van der Waals surface area contributed by atoms with Crippen molar-refractivity contribution in [2.45, 2.75) is 26.0 Å². The highest BCUT2D eigenvalue weighted by Crippen LogP contribution is 2.17. The molecule has 0 amide bonds. The molecule has 0 radical (unpaired) electrons. The highest BCUT2D eigenvalue weighted by molar-refractivity contribution is 5.90. The van der Waals surface area contributed by atoms with Crippen molar-refractivity contribution in [2.75, 3.05) is 13.2 Å². The number of carbonyl (C=O) groups is 2. The number of nitrogens with one attached hydrogen (secondary N) is 1. The van der Waals surface area contributed by atoms with Crippen molar-refractivity contribution < 1.29 is 24.2 Å². The molecule has 1 atom stereocenters. The zero-order valence-electron chi connectivity index (χ0n) is 16.9. The second-order valence-corrected chi connectivity index (χ2v) is 6.59. The molecule has 0 saturated heterocycles. The average Bonchev–Trinajstić information content (AvgIpc) is 2.74. The van der Waals surface area contributed by atoms with Crippen molar-refractivity contribution in [3.63, 3.8) is 0 Å². The molecule has 0 fully saturated rings. The molecule has 0 saturated carbocycles. The molecule has 2 aromatic rings. The number of rotatable bonds is 9. The zero-order valence-corrected chi connectivity index (χ0v) is 16.9. The van der Waals surface area contributed by atoms with Crippen LogP contribution in [0.25, 0.3) is 0 Å². The topological polar surface area (TPSA) is 97.8 Å². The second-order valence-electron chi connectivity index (χ2n) is 6.59. The molecular formula is C23H24N2O5. The van der Waals surface area contributed by atoms with Crippen LogP contribution in [0.5, 0.6) is 5.75 Å². The quantitative estimate of drug-likeness (QED) is 0.374. The molecule has 2 N–H and O–H groups in total. The number of carbonyl (C=O) groups excluding carboxylic acids is 1. The van der Waals surface area contributed by atoms with Crippen LogP contribution in [0.4, 0.5) is 0 Å². The van der Waals surface area contributed by atoms with Gasteiger partial charge in [0.05, 0.1) is 5.56 Å². The Morgan fingerprint density at radius 3 is 2.57 bits per heavy atom. The molecule has 1 unspecified atom stereocenters. The minimum atomic E-state index is -1.22. The molecule has 0 aliphatic heterocycles. The van der Waals surface area contributed by atoms with Gasteiger partial charge in [-0.1, -0.05) is 37.8 Å². The molecule has 30 heavy (non-hydrogen) atoms. The van der Waals surface area contributed by atoms with Gasteiger partial charge in [-0.25, -0.2) is 9.59 Å². The number of ether oxygens (including phenoxy) is 2. The molecular weight excluding hydrogens is 384 g/mol. The van der Waals surface area contributed by atoms with E-state index < -0.39 is 18.0 Å². The van der Waals surface area contributed by atoms with Gasteiger partial charge in [0.15, 0.2) is 0 Å². The Labute approximate surface area is 175 Å². The summed E-state index contributed by atoms with van der Waals surface area (Å²) in [6.45, 7) is 4.37. The molecule has 7 heteroatoms. The molecule has 2 rings (SSSR count). The predicted octanol–water partition coefficient (Wildman–Crippen LogP) is 2.41. The lowest BCUT2D eigenvalue weighted by Gasteiger charge is -2.20. The van der Waals surface area contributed by atoms with Crippen LogP contribution in [0.1, 0.15) is 25.0 Å². The highest BCUT2D eigenvalue weighted by Gasteiger charge is 2.15. The number of benzene rings is 1. The van der Waals surface area contributed by atoms with Gasteiger partial charge in [-0.2, -0.15) is 0 Å². The molecule has 0 spiro atoms. The number of pyridine rings is 1. The summed E-state index contributed by atoms with van der Waals surface area (Å²) >= 11 is 0. The lowest BCUT2D eigenvalue weighted by Crippen LogP contribution is -2.38. The molecule has 156 valence electrons. The Balaban J connectivity index is 2.07. The lowest BCUT2D eigenvalue weighted by atomic mass is 10.2. The van der Waals surface area contributed by atoms with Crippen LogP contribution in [0.3, 0.4) is 0 Å². The molecule has 1 aromatic heterocycles. The number of carboxylic acids is 1. The summed E-state index contributed by atoms with van der Waals surface area (Å²) in [5, 5.41) is 11.8. The van der Waals surface area contributed by atoms with Crippen LogP contribution in [0.15, 0.2) is 60.9 Å². The second kappa shape index (κ2) is 12.0. The van der Waals surface area contributed by atoms with Crippen LogP contribution in [-0.4, -0.2) is 47.3 Å². The molecule has 0 aliphatic rings. The number of esters is 1. The molecule has 0 bridgehead atoms. The smallest absolute Gasteiger partial charge is 0.331 e. The van der Waals surface area contributed by atoms with Crippen molar-refractivity contribution in [2.24, 2.45) is 0 Å². The van der Waals surface area contributed by atoms with Crippen molar-refractivity contribution >= 4 is 11.9 Å². The minimum Gasteiger partial charge on any atom is -0.488 e. The number of para-hydroxylation sites is 1. The third-order valence-electron chi connectivity index (χ3n) is 3.73. The first-order valence-corrected chi connectivity index (χ1v) is 9.43. The van der Waals surface area contributed by atoms with Gasteiger partial charge in [0, 0.05) is 42.7 Å². The summed E-state index contributed by atoms with van der Waals surface area (Å²) in [7, 11) is 0. The van der Waals surface area contributed by atoms with E-state index in [4.69, 9.17) is 14.6 Å². The van der Waals surface area contributed by atoms with E-state index >= 15 is 0 Å². The van der Waals surface area contributed by atoms with Crippen molar-refractivity contribution in [1.29, 1.82) is 0 Å². The standard InChI is InChI=1S/C23H24N2O5/c1-17(2)25-15-20(30-23(28)10-9-22(26)27)16-29-21-6-4-3-5-19(21)8-7-18-11-13-24-14-12-18/h3-6,9-14,17,20,25H,15-16H2,1-2H3,(H,26,27). The third-order valence-corrected chi connectivity index (χ3v) is 3.73. The number of nitrogens with zero attached hydrogens (tertiary/aromatic N) is 1. The van der Waals surface area contributed by atoms with Gasteiger partial charge in [0.2, 0.25) is 0 Å². The molecule has 0 aliphatic carbocycles. The van der Waals surface area contributed by atoms with Gasteiger partial charge in [-0.05, 0) is 24.3 Å². The van der Waals surface area contributed by atoms with Crippen LogP contribution >= 0.6 is 0 Å². The van der Waals surface area contributed by atoms with E-state index in [1.54, 1.807) is 18.5 Å². The van der Waals surface area contributed by atoms with Gasteiger partial charge in [-0.15, -0.1) is 0 Å². The zero-order chi connectivity index (χ0) is 21.8. The van der Waals surface area contributed by atoms with Crippen molar-refractivity contribution in [3.8, 4) is 17.6 Å². The maximum Gasteiger partial charge on any atom is 0.331 e. The summed E-state index contributed by atoms with van der Waals surface area (Å²) in [5.41, 5.74) is 1.53. The van der Waals surface area contributed by atoms with Crippen molar-refractivity contribution in [3.05, 3.63) is 72.1 Å². The molecule has 1 aromatic carbocycles. The average molecular weight is 408 g/mol. The summed E-state index contributed by atoms with van der Waals surface area (Å²) in [5.74, 6) is 4.72. The number of hydrogen-bond acceptors (Lipinski definition) is 6. The first-order valence-electron chi connectivity index (χ1n) is 9.43. The first kappa shape index (κ1) is 22.7. The first-order chi connectivity index (χ1) is 14.4. The van der Waals surface area contributed by atoms with Crippen molar-refractivity contribution in [1.82, 2.24) is 10.3 Å². The Bertz CT molecular complexity index is 929. The normalized spacial score (nSPS) is 11.6. The lowest BCUT2D eigenvalue weighted by molar-refractivity contribution is -0.144. The number of hydrogen-bond donors (Lipinski definition) is 2. The molecule has 1 heterocycles. The third kappa shape index (κ3) is 8.59. The van der Waals surface area contributed by atoms with Gasteiger partial charge in [-0.3, -0.25) is 4.98 Å². The number of aromatic nitrogens is 1. The largest absolute Gasteiger partial charge is 0.488 e. The Kier molecular flexibility index (Phi) is 9.10. The van der Waals surface area contributed by atoms with Gasteiger partial charge >= 0.3 is 11.9 Å². The van der Waals surface area contributed by atoms with Gasteiger partial charge < -0.3 is 19.9 Å². The maximum absolute atomic E-state index is 11.9. The summed E-state index contributed by atoms with van der Waals surface area (Å²) < 4.78 is 11.2. The Hall–Kier alpha value is -3.63. The number of aliphatic carboxylic acids is 1. The Morgan fingerprint density at radius 1 is 1.13 bits per heavy atom. The van der Waals surface area contributed by atoms with E-state index in [-0.39, 0.29) is 12.6 Å². The summed E-state index contributed by atoms with van der Waals surface area (Å²) in [6.07, 6.45) is 4.34. The van der Waals surface area contributed by atoms with E-state index in [1.165, 1.54) is 0 Å². The maximum atomic E-state index is 11.9. The SMILES string of the molecule is CC(C)NCC(COc1ccccc1C#Cc1ccncc1)OC(=O)C=CC(=O)O. The van der Waals surface area contributed by atoms with Crippen LogP contribution in [0, 0.1) is 11.8 Å². The van der Waals surface area contributed by atoms with E-state index in [1.807, 2.05) is 44.2 Å². The van der Waals surface area contributed by atoms with E-state index in [0.29, 0.717) is 17.9 Å². The van der Waals surface area contributed by atoms with Crippen LogP contribution in [0.2, 0.25) is 0 Å². The van der Waals surface area contributed by atoms with Crippen LogP contribution < -0.4 is 10.1 Å². The fourth-order valence-corrected chi connectivity index (χ4v) is 2.30. The van der Waals surface area contributed by atoms with E-state index in [0.717, 1.165) is 17.7 Å². The van der Waals surface area contributed by atoms with E-state index in [9.17, 15) is 9.59 Å². The van der Waals surface area contributed by atoms with Gasteiger partial charge in [0.1, 0.15) is 18.5 Å². The fourth-order valence-electron chi connectivity index (χ4n) is 2.30. The minimum absolute atomic E-state index is 0.0837. The van der Waals surface area contributed by atoms with Crippen LogP contribution in [-0.2, 0) is 14.3 Å². The fraction of sp³-hybridized carbons (Fsp3) is 0.261. The number of carboxylic acid groups (broad SMARTS) is 1. The summed E-state index contributed by atoms with van der Waals surface area (Å²) in [4.78, 5) is 26.4. The summed E-state index contributed by atoms with van der Waals surface area (Å²) in [6, 6.07) is 11.1. The van der Waals surface area contributed by atoms with E-state index in [2.05, 4.69) is 22.1 Å². The van der Waals surface area contributed by atoms with Gasteiger partial charge in [0.25, 0.3) is 0 Å². The Morgan fingerprint density at radius 2 is 1.87 bits per heavy atom. The molecule has 7 nitrogen and oxygen atoms in total. The highest BCUT2D eigenvalue weighted by atomic mass is 16.6. The predicted molar refractivity (Wildman–Crippen MR) is 112 cm³/mol.